The highest BCUT2D eigenvalue weighted by Crippen LogP contribution is 2.82. The molecule has 2 unspecified atom stereocenters. The zero-order valence-electron chi connectivity index (χ0n) is 11.1. The average molecular weight is 234 g/mol. The first-order valence-electron chi connectivity index (χ1n) is 7.03. The molecule has 4 fully saturated rings. The maximum Gasteiger partial charge on any atom is 0.139 e. The molecule has 2 nitrogen and oxygen atoms in total. The van der Waals surface area contributed by atoms with Gasteiger partial charge in [-0.1, -0.05) is 27.7 Å². The van der Waals surface area contributed by atoms with Crippen LogP contribution in [0.3, 0.4) is 0 Å². The Morgan fingerprint density at radius 3 is 2.53 bits per heavy atom. The number of hydrogen-bond acceptors (Lipinski definition) is 2. The molecule has 0 aromatic carbocycles. The maximum atomic E-state index is 12.2. The number of aliphatic hydroxyl groups is 1. The van der Waals surface area contributed by atoms with Gasteiger partial charge in [0.05, 0.1) is 6.10 Å². The van der Waals surface area contributed by atoms with Gasteiger partial charge in [0.2, 0.25) is 0 Å². The lowest BCUT2D eigenvalue weighted by molar-refractivity contribution is -0.125. The molecule has 0 spiro atoms. The molecule has 0 heterocycles. The normalized spacial score (nSPS) is 65.9. The van der Waals surface area contributed by atoms with Crippen LogP contribution in [0.5, 0.6) is 0 Å². The summed E-state index contributed by atoms with van der Waals surface area (Å²) in [5, 5.41) is 10.6. The second-order valence-electron chi connectivity index (χ2n) is 7.95. The van der Waals surface area contributed by atoms with Crippen molar-refractivity contribution in [1.82, 2.24) is 0 Å². The van der Waals surface area contributed by atoms with Crippen LogP contribution in [0.15, 0.2) is 0 Å². The number of carbonyl (C=O) groups excluding carboxylic acids is 1. The summed E-state index contributed by atoms with van der Waals surface area (Å²) in [6.07, 6.45) is 0.908. The fraction of sp³-hybridized carbons (Fsp3) is 0.933. The topological polar surface area (TPSA) is 37.3 Å². The number of Topliss-reactive ketones (excluding diaryl/α,β-unsaturated/α-hetero) is 1. The van der Waals surface area contributed by atoms with Crippen molar-refractivity contribution >= 4 is 5.78 Å². The van der Waals surface area contributed by atoms with Crippen molar-refractivity contribution in [2.45, 2.75) is 40.2 Å². The Labute approximate surface area is 103 Å². The van der Waals surface area contributed by atoms with Gasteiger partial charge in [-0.05, 0) is 40.9 Å². The minimum Gasteiger partial charge on any atom is -0.392 e. The van der Waals surface area contributed by atoms with Crippen molar-refractivity contribution in [2.75, 3.05) is 0 Å². The zero-order chi connectivity index (χ0) is 12.3. The standard InChI is InChI=1S/C15H22O2/c1-6-12(16)9-8-7-5-14(2,3)13(17)10(7)15(6,4)11(8)9/h6-11,13,17H,5H2,1-4H3/t6-,7-,8?,9?,10+,11+,13-,15+/m1/s1. The molecule has 1 N–H and O–H groups in total. The van der Waals surface area contributed by atoms with Gasteiger partial charge in [0, 0.05) is 11.8 Å². The molecule has 0 amide bonds. The number of rotatable bonds is 0. The molecular weight excluding hydrogens is 212 g/mol. The summed E-state index contributed by atoms with van der Waals surface area (Å²) in [5.41, 5.74) is 0.152. The molecule has 4 saturated carbocycles. The van der Waals surface area contributed by atoms with E-state index in [4.69, 9.17) is 0 Å². The first kappa shape index (κ1) is 10.5. The summed E-state index contributed by atoms with van der Waals surface area (Å²) >= 11 is 0. The van der Waals surface area contributed by atoms with Gasteiger partial charge in [0.15, 0.2) is 0 Å². The molecule has 94 valence electrons. The molecular formula is C15H22O2. The largest absolute Gasteiger partial charge is 0.392 e. The van der Waals surface area contributed by atoms with Crippen LogP contribution in [0, 0.1) is 46.3 Å². The molecule has 0 saturated heterocycles. The third kappa shape index (κ3) is 0.845. The monoisotopic (exact) mass is 234 g/mol. The molecule has 17 heavy (non-hydrogen) atoms. The molecule has 4 aliphatic rings. The van der Waals surface area contributed by atoms with Crippen molar-refractivity contribution in [3.05, 3.63) is 0 Å². The highest BCUT2D eigenvalue weighted by Gasteiger charge is 2.83. The molecule has 0 bridgehead atoms. The number of carbonyl (C=O) groups is 1. The van der Waals surface area contributed by atoms with E-state index in [1.807, 2.05) is 0 Å². The van der Waals surface area contributed by atoms with Crippen LogP contribution in [0.25, 0.3) is 0 Å². The lowest BCUT2D eigenvalue weighted by Gasteiger charge is -2.38. The van der Waals surface area contributed by atoms with Crippen molar-refractivity contribution in [2.24, 2.45) is 46.3 Å². The SMILES string of the molecule is C[C@@H]1C(=O)C2C3[C@@H]2[C@]1(C)[C@H]1[C@@H]3CC(C)(C)[C@@H]1O. The summed E-state index contributed by atoms with van der Waals surface area (Å²) in [7, 11) is 0. The van der Waals surface area contributed by atoms with E-state index in [2.05, 4.69) is 27.7 Å². The molecule has 0 radical (unpaired) electrons. The van der Waals surface area contributed by atoms with Crippen LogP contribution >= 0.6 is 0 Å². The van der Waals surface area contributed by atoms with E-state index in [1.165, 1.54) is 0 Å². The van der Waals surface area contributed by atoms with E-state index < -0.39 is 0 Å². The van der Waals surface area contributed by atoms with Gasteiger partial charge < -0.3 is 5.11 Å². The van der Waals surface area contributed by atoms with Crippen LogP contribution in [0.2, 0.25) is 0 Å². The van der Waals surface area contributed by atoms with Crippen molar-refractivity contribution in [1.29, 1.82) is 0 Å². The Bertz CT molecular complexity index is 427. The van der Waals surface area contributed by atoms with Crippen LogP contribution in [0.4, 0.5) is 0 Å². The van der Waals surface area contributed by atoms with Gasteiger partial charge in [-0.25, -0.2) is 0 Å². The molecule has 4 rings (SSSR count). The van der Waals surface area contributed by atoms with E-state index in [1.54, 1.807) is 0 Å². The summed E-state index contributed by atoms with van der Waals surface area (Å²) < 4.78 is 0. The summed E-state index contributed by atoms with van der Waals surface area (Å²) in [6, 6.07) is 0. The van der Waals surface area contributed by atoms with E-state index in [9.17, 15) is 9.90 Å². The number of hydrogen-bond donors (Lipinski definition) is 1. The van der Waals surface area contributed by atoms with Gasteiger partial charge in [-0.2, -0.15) is 0 Å². The second-order valence-corrected chi connectivity index (χ2v) is 7.95. The van der Waals surface area contributed by atoms with E-state index >= 15 is 0 Å². The predicted octanol–water partition coefficient (Wildman–Crippen LogP) is 2.11. The Kier molecular flexibility index (Phi) is 1.55. The van der Waals surface area contributed by atoms with E-state index in [0.29, 0.717) is 35.4 Å². The predicted molar refractivity (Wildman–Crippen MR) is 64.1 cm³/mol. The fourth-order valence-corrected chi connectivity index (χ4v) is 6.18. The third-order valence-corrected chi connectivity index (χ3v) is 7.06. The molecule has 0 aliphatic heterocycles. The summed E-state index contributed by atoms with van der Waals surface area (Å²) in [6.45, 7) is 8.77. The first-order chi connectivity index (χ1) is 7.82. The van der Waals surface area contributed by atoms with E-state index in [0.717, 1.165) is 6.42 Å². The third-order valence-electron chi connectivity index (χ3n) is 7.06. The minimum atomic E-state index is -0.209. The molecule has 8 atom stereocenters. The van der Waals surface area contributed by atoms with Gasteiger partial charge >= 0.3 is 0 Å². The Balaban J connectivity index is 1.83. The highest BCUT2D eigenvalue weighted by molar-refractivity contribution is 5.91. The number of aliphatic hydroxyl groups excluding tert-OH is 1. The van der Waals surface area contributed by atoms with Gasteiger partial charge in [-0.15, -0.1) is 0 Å². The molecule has 0 aromatic heterocycles. The lowest BCUT2D eigenvalue weighted by Crippen LogP contribution is -2.41. The van der Waals surface area contributed by atoms with Crippen molar-refractivity contribution in [3.63, 3.8) is 0 Å². The first-order valence-corrected chi connectivity index (χ1v) is 7.03. The van der Waals surface area contributed by atoms with Gasteiger partial charge in [-0.3, -0.25) is 4.79 Å². The number of ketones is 1. The fourth-order valence-electron chi connectivity index (χ4n) is 6.18. The molecule has 2 heteroatoms. The molecule has 4 aliphatic carbocycles. The van der Waals surface area contributed by atoms with Crippen molar-refractivity contribution < 1.29 is 9.90 Å². The number of fused-ring (bicyclic) bond motifs is 4. The smallest absolute Gasteiger partial charge is 0.139 e. The maximum absolute atomic E-state index is 12.2. The molecule has 0 aromatic rings. The summed E-state index contributed by atoms with van der Waals surface area (Å²) in [4.78, 5) is 12.2. The second kappa shape index (κ2) is 2.49. The Hall–Kier alpha value is -0.370. The van der Waals surface area contributed by atoms with Crippen LogP contribution in [0.1, 0.15) is 34.1 Å². The van der Waals surface area contributed by atoms with E-state index in [-0.39, 0.29) is 22.9 Å². The van der Waals surface area contributed by atoms with Crippen LogP contribution in [-0.2, 0) is 4.79 Å². The quantitative estimate of drug-likeness (QED) is 0.697. The van der Waals surface area contributed by atoms with Crippen LogP contribution < -0.4 is 0 Å². The Morgan fingerprint density at radius 1 is 1.24 bits per heavy atom. The highest BCUT2D eigenvalue weighted by atomic mass is 16.3. The Morgan fingerprint density at radius 2 is 1.88 bits per heavy atom. The average Bonchev–Trinajstić information content (AvgIpc) is 2.83. The summed E-state index contributed by atoms with van der Waals surface area (Å²) in [5.74, 6) is 3.29. The van der Waals surface area contributed by atoms with Gasteiger partial charge in [0.25, 0.3) is 0 Å². The lowest BCUT2D eigenvalue weighted by atomic mass is 9.67. The van der Waals surface area contributed by atoms with Gasteiger partial charge in [0.1, 0.15) is 5.78 Å². The zero-order valence-corrected chi connectivity index (χ0v) is 11.1. The minimum absolute atomic E-state index is 0.0504. The van der Waals surface area contributed by atoms with Crippen molar-refractivity contribution in [3.8, 4) is 0 Å². The van der Waals surface area contributed by atoms with Crippen LogP contribution in [-0.4, -0.2) is 17.0 Å².